The van der Waals surface area contributed by atoms with Gasteiger partial charge in [0.15, 0.2) is 0 Å². The summed E-state index contributed by atoms with van der Waals surface area (Å²) in [6.45, 7) is 1.17. The molecule has 0 aliphatic carbocycles. The third-order valence-electron chi connectivity index (χ3n) is 2.92. The van der Waals surface area contributed by atoms with E-state index in [9.17, 15) is 9.90 Å². The molecule has 1 aromatic heterocycles. The quantitative estimate of drug-likeness (QED) is 0.664. The third-order valence-corrected chi connectivity index (χ3v) is 2.92. The van der Waals surface area contributed by atoms with Crippen molar-refractivity contribution in [3.05, 3.63) is 18.0 Å². The van der Waals surface area contributed by atoms with Gasteiger partial charge in [0, 0.05) is 33.4 Å². The highest BCUT2D eigenvalue weighted by atomic mass is 16.3. The number of carbonyl (C=O) groups excluding carboxylic acids is 1. The lowest BCUT2D eigenvalue weighted by atomic mass is 10.1. The lowest BCUT2D eigenvalue weighted by Gasteiger charge is -2.25. The van der Waals surface area contributed by atoms with E-state index >= 15 is 0 Å². The number of rotatable bonds is 2. The maximum absolute atomic E-state index is 12.0. The molecule has 0 bridgehead atoms. The van der Waals surface area contributed by atoms with E-state index < -0.39 is 6.10 Å². The number of likely N-dealkylation sites (N-methyl/N-ethyl adjacent to an activating group) is 1. The Morgan fingerprint density at radius 1 is 1.69 bits per heavy atom. The summed E-state index contributed by atoms with van der Waals surface area (Å²) in [6.07, 6.45) is 2.71. The normalized spacial score (nSPS) is 24.7. The number of nitrogens with zero attached hydrogens (tertiary/aromatic N) is 3. The van der Waals surface area contributed by atoms with Crippen molar-refractivity contribution in [1.29, 1.82) is 0 Å². The van der Waals surface area contributed by atoms with E-state index in [1.54, 1.807) is 29.9 Å². The second-order valence-electron chi connectivity index (χ2n) is 4.11. The van der Waals surface area contributed by atoms with Crippen LogP contribution in [-0.4, -0.2) is 58.0 Å². The van der Waals surface area contributed by atoms with Crippen LogP contribution in [0, 0.1) is 0 Å². The Hall–Kier alpha value is -1.40. The second kappa shape index (κ2) is 4.23. The fourth-order valence-electron chi connectivity index (χ4n) is 1.93. The summed E-state index contributed by atoms with van der Waals surface area (Å²) < 4.78 is 1.59. The molecule has 0 radical (unpaired) electrons. The fourth-order valence-corrected chi connectivity index (χ4v) is 1.93. The Kier molecular flexibility index (Phi) is 2.93. The minimum atomic E-state index is -0.495. The Morgan fingerprint density at radius 2 is 2.44 bits per heavy atom. The molecule has 2 atom stereocenters. The highest BCUT2D eigenvalue weighted by Crippen LogP contribution is 2.11. The molecule has 88 valence electrons. The van der Waals surface area contributed by atoms with E-state index in [-0.39, 0.29) is 11.9 Å². The van der Waals surface area contributed by atoms with Crippen molar-refractivity contribution in [2.75, 3.05) is 20.1 Å². The molecule has 2 heterocycles. The number of carbonyl (C=O) groups is 1. The van der Waals surface area contributed by atoms with Crippen LogP contribution in [-0.2, 0) is 7.05 Å². The molecule has 1 saturated heterocycles. The molecule has 1 aromatic rings. The van der Waals surface area contributed by atoms with Gasteiger partial charge in [-0.15, -0.1) is 0 Å². The Morgan fingerprint density at radius 3 is 2.94 bits per heavy atom. The van der Waals surface area contributed by atoms with E-state index in [1.807, 2.05) is 0 Å². The summed E-state index contributed by atoms with van der Waals surface area (Å²) in [4.78, 5) is 13.6. The van der Waals surface area contributed by atoms with Crippen LogP contribution in [0.15, 0.2) is 12.4 Å². The second-order valence-corrected chi connectivity index (χ2v) is 4.11. The topological polar surface area (TPSA) is 70.4 Å². The minimum Gasteiger partial charge on any atom is -0.390 e. The van der Waals surface area contributed by atoms with E-state index in [0.717, 1.165) is 0 Å². The lowest BCUT2D eigenvalue weighted by molar-refractivity contribution is 0.0581. The number of β-amino-alcohol motifs (C(OH)–C–C–N with tert-alkyl or cyclic N) is 1. The lowest BCUT2D eigenvalue weighted by Crippen LogP contribution is -2.44. The molecule has 1 amide bonds. The van der Waals surface area contributed by atoms with Crippen molar-refractivity contribution >= 4 is 5.91 Å². The predicted molar refractivity (Wildman–Crippen MR) is 58.0 cm³/mol. The average Bonchev–Trinajstić information content (AvgIpc) is 2.85. The van der Waals surface area contributed by atoms with E-state index in [1.165, 1.54) is 6.20 Å². The zero-order valence-electron chi connectivity index (χ0n) is 9.42. The standard InChI is InChI=1S/C10H16N4O2/c1-13-6-7(3-12-13)10(16)14(2)8-4-11-5-9(8)15/h3,6,8-9,11,15H,4-5H2,1-2H3/t8-,9-/m0/s1. The van der Waals surface area contributed by atoms with E-state index in [2.05, 4.69) is 10.4 Å². The van der Waals surface area contributed by atoms with Crippen LogP contribution in [0.3, 0.4) is 0 Å². The first kappa shape index (κ1) is 11.1. The van der Waals surface area contributed by atoms with Gasteiger partial charge in [-0.05, 0) is 0 Å². The first-order valence-corrected chi connectivity index (χ1v) is 5.24. The first-order chi connectivity index (χ1) is 7.59. The molecule has 16 heavy (non-hydrogen) atoms. The van der Waals surface area contributed by atoms with Gasteiger partial charge in [-0.2, -0.15) is 5.10 Å². The Balaban J connectivity index is 2.10. The fraction of sp³-hybridized carbons (Fsp3) is 0.600. The van der Waals surface area contributed by atoms with Crippen LogP contribution >= 0.6 is 0 Å². The van der Waals surface area contributed by atoms with Crippen LogP contribution in [0.2, 0.25) is 0 Å². The number of aliphatic hydroxyl groups excluding tert-OH is 1. The third kappa shape index (κ3) is 1.94. The van der Waals surface area contributed by atoms with Crippen LogP contribution in [0.25, 0.3) is 0 Å². The zero-order valence-corrected chi connectivity index (χ0v) is 9.42. The molecule has 6 heteroatoms. The maximum Gasteiger partial charge on any atom is 0.257 e. The highest BCUT2D eigenvalue weighted by molar-refractivity contribution is 5.93. The number of amides is 1. The molecule has 2 N–H and O–H groups in total. The summed E-state index contributed by atoms with van der Waals surface area (Å²) in [6, 6.07) is -0.160. The predicted octanol–water partition coefficient (Wildman–Crippen LogP) is -1.18. The number of aromatic nitrogens is 2. The number of aryl methyl sites for hydroxylation is 1. The Labute approximate surface area is 93.9 Å². The maximum atomic E-state index is 12.0. The van der Waals surface area contributed by atoms with Gasteiger partial charge in [0.05, 0.1) is 23.9 Å². The van der Waals surface area contributed by atoms with Crippen molar-refractivity contribution in [2.24, 2.45) is 7.05 Å². The average molecular weight is 224 g/mol. The molecule has 1 aliphatic heterocycles. The van der Waals surface area contributed by atoms with Gasteiger partial charge in [-0.1, -0.05) is 0 Å². The van der Waals surface area contributed by atoms with Crippen molar-refractivity contribution in [1.82, 2.24) is 20.0 Å². The molecule has 0 aromatic carbocycles. The van der Waals surface area contributed by atoms with E-state index in [4.69, 9.17) is 0 Å². The summed E-state index contributed by atoms with van der Waals surface area (Å²) in [5, 5.41) is 16.7. The molecule has 0 saturated carbocycles. The molecule has 0 unspecified atom stereocenters. The smallest absolute Gasteiger partial charge is 0.257 e. The van der Waals surface area contributed by atoms with Gasteiger partial charge in [-0.25, -0.2) is 0 Å². The summed E-state index contributed by atoms with van der Waals surface area (Å²) >= 11 is 0. The molecular weight excluding hydrogens is 208 g/mol. The highest BCUT2D eigenvalue weighted by Gasteiger charge is 2.31. The minimum absolute atomic E-state index is 0.110. The van der Waals surface area contributed by atoms with Gasteiger partial charge >= 0.3 is 0 Å². The van der Waals surface area contributed by atoms with Crippen molar-refractivity contribution in [3.8, 4) is 0 Å². The van der Waals surface area contributed by atoms with Crippen molar-refractivity contribution in [3.63, 3.8) is 0 Å². The number of hydrogen-bond acceptors (Lipinski definition) is 4. The number of hydrogen-bond donors (Lipinski definition) is 2. The summed E-state index contributed by atoms with van der Waals surface area (Å²) in [7, 11) is 3.47. The number of nitrogens with one attached hydrogen (secondary N) is 1. The molecule has 0 spiro atoms. The monoisotopic (exact) mass is 224 g/mol. The van der Waals surface area contributed by atoms with Crippen molar-refractivity contribution in [2.45, 2.75) is 12.1 Å². The van der Waals surface area contributed by atoms with Gasteiger partial charge in [0.1, 0.15) is 0 Å². The van der Waals surface area contributed by atoms with Gasteiger partial charge in [0.2, 0.25) is 0 Å². The van der Waals surface area contributed by atoms with Crippen LogP contribution < -0.4 is 5.32 Å². The van der Waals surface area contributed by atoms with E-state index in [0.29, 0.717) is 18.7 Å². The zero-order chi connectivity index (χ0) is 11.7. The summed E-state index contributed by atoms with van der Waals surface area (Å²) in [5.41, 5.74) is 0.545. The molecular formula is C10H16N4O2. The van der Waals surface area contributed by atoms with Crippen LogP contribution in [0.1, 0.15) is 10.4 Å². The number of aliphatic hydroxyl groups is 1. The first-order valence-electron chi connectivity index (χ1n) is 5.24. The van der Waals surface area contributed by atoms with Crippen molar-refractivity contribution < 1.29 is 9.90 Å². The van der Waals surface area contributed by atoms with Gasteiger partial charge < -0.3 is 15.3 Å². The van der Waals surface area contributed by atoms with Gasteiger partial charge in [0.25, 0.3) is 5.91 Å². The molecule has 1 aliphatic rings. The molecule has 2 rings (SSSR count). The summed E-state index contributed by atoms with van der Waals surface area (Å²) in [5.74, 6) is -0.110. The Bertz CT molecular complexity index is 390. The van der Waals surface area contributed by atoms with Crippen LogP contribution in [0.4, 0.5) is 0 Å². The largest absolute Gasteiger partial charge is 0.390 e. The van der Waals surface area contributed by atoms with Crippen LogP contribution in [0.5, 0.6) is 0 Å². The molecule has 6 nitrogen and oxygen atoms in total. The van der Waals surface area contributed by atoms with Gasteiger partial charge in [-0.3, -0.25) is 9.48 Å². The SMILES string of the molecule is CN(C(=O)c1cnn(C)c1)[C@H]1CNC[C@@H]1O. The molecule has 1 fully saturated rings.